The second kappa shape index (κ2) is 9.59. The second-order valence-electron chi connectivity index (χ2n) is 6.57. The molecule has 2 aromatic rings. The van der Waals surface area contributed by atoms with E-state index >= 15 is 0 Å². The summed E-state index contributed by atoms with van der Waals surface area (Å²) in [5, 5.41) is 64.3. The van der Waals surface area contributed by atoms with Crippen LogP contribution in [-0.4, -0.2) is 0 Å². The molecule has 0 saturated heterocycles. The highest BCUT2D eigenvalue weighted by Gasteiger charge is 2.42. The third kappa shape index (κ3) is 4.48. The maximum absolute atomic E-state index is 13.5. The van der Waals surface area contributed by atoms with Crippen LogP contribution in [0.2, 0.25) is 0 Å². The van der Waals surface area contributed by atoms with Gasteiger partial charge in [0.2, 0.25) is 0 Å². The number of alkyl halides is 6. The molecule has 13 heteroatoms. The van der Waals surface area contributed by atoms with Gasteiger partial charge in [0.25, 0.3) is 0 Å². The van der Waals surface area contributed by atoms with E-state index in [2.05, 4.69) is 0 Å². The summed E-state index contributed by atoms with van der Waals surface area (Å²) in [5.74, 6) is 0. The number of hydrogen-bond acceptors (Lipinski definition) is 7. The van der Waals surface area contributed by atoms with Gasteiger partial charge in [-0.2, -0.15) is 63.2 Å². The standard InChI is InChI=1S/C23H3F6N7/c24-22(25,26)19-2-11(3-20(18(19)10-36)23(27,28)29)15(7-33)14-1-12(4-30)21(13(5-31)6-32)17(9-35)16(14)8-34/h1-3H/b15-14-. The van der Waals surface area contributed by atoms with E-state index in [0.717, 1.165) is 6.07 Å². The average molecular weight is 491 g/mol. The molecule has 0 aliphatic heterocycles. The Kier molecular flexibility index (Phi) is 7.04. The van der Waals surface area contributed by atoms with E-state index in [1.807, 2.05) is 0 Å². The minimum absolute atomic E-state index is 0.0988. The Morgan fingerprint density at radius 3 is 1.39 bits per heavy atom. The van der Waals surface area contributed by atoms with E-state index in [-0.39, 0.29) is 12.1 Å². The molecule has 0 saturated carbocycles. The molecule has 2 aromatic carbocycles. The van der Waals surface area contributed by atoms with Gasteiger partial charge >= 0.3 is 12.4 Å². The average Bonchev–Trinajstić information content (AvgIpc) is 2.83. The lowest BCUT2D eigenvalue weighted by molar-refractivity contribution is -0.143. The topological polar surface area (TPSA) is 167 Å². The van der Waals surface area contributed by atoms with Crippen molar-refractivity contribution in [3.63, 3.8) is 0 Å². The molecular formula is C23H3F6N7. The molecule has 0 N–H and O–H groups in total. The van der Waals surface area contributed by atoms with E-state index in [1.165, 1.54) is 36.4 Å². The van der Waals surface area contributed by atoms with Gasteiger partial charge in [-0.3, -0.25) is 0 Å². The zero-order valence-corrected chi connectivity index (χ0v) is 17.1. The third-order valence-electron chi connectivity index (χ3n) is 4.68. The molecule has 0 atom stereocenters. The van der Waals surface area contributed by atoms with Gasteiger partial charge < -0.3 is 0 Å². The number of benzene rings is 2. The van der Waals surface area contributed by atoms with Crippen LogP contribution in [0.15, 0.2) is 18.2 Å². The largest absolute Gasteiger partial charge is 0.417 e. The minimum atomic E-state index is -5.46. The molecule has 0 aliphatic rings. The molecule has 0 heterocycles. The summed E-state index contributed by atoms with van der Waals surface area (Å²) in [6, 6.07) is 10.4. The molecule has 7 nitrogen and oxygen atoms in total. The molecule has 0 aliphatic carbocycles. The highest BCUT2D eigenvalue weighted by molar-refractivity contribution is 5.82. The number of hydrogen-bond donors (Lipinski definition) is 0. The molecular weight excluding hydrogens is 488 g/mol. The Hall–Kier alpha value is -5.81. The summed E-state index contributed by atoms with van der Waals surface area (Å²) in [4.78, 5) is 0. The maximum atomic E-state index is 13.5. The van der Waals surface area contributed by atoms with Gasteiger partial charge in [-0.25, -0.2) is 0 Å². The van der Waals surface area contributed by atoms with Gasteiger partial charge in [-0.05, 0) is 23.8 Å². The lowest BCUT2D eigenvalue weighted by Gasteiger charge is -2.17. The maximum Gasteiger partial charge on any atom is 0.417 e. The Morgan fingerprint density at radius 2 is 1.06 bits per heavy atom. The molecule has 0 spiro atoms. The predicted molar refractivity (Wildman–Crippen MR) is 104 cm³/mol. The van der Waals surface area contributed by atoms with Crippen molar-refractivity contribution in [3.8, 4) is 42.5 Å². The Bertz CT molecular complexity index is 1680. The normalized spacial score (nSPS) is 11.3. The van der Waals surface area contributed by atoms with E-state index in [1.54, 1.807) is 0 Å². The fourth-order valence-corrected chi connectivity index (χ4v) is 3.23. The van der Waals surface area contributed by atoms with Crippen molar-refractivity contribution in [2.75, 3.05) is 0 Å². The van der Waals surface area contributed by atoms with Gasteiger partial charge in [0.15, 0.2) is 0 Å². The number of nitrogens with zero attached hydrogens (tertiary/aromatic N) is 7. The van der Waals surface area contributed by atoms with Crippen LogP contribution in [0.25, 0.3) is 11.1 Å². The van der Waals surface area contributed by atoms with Crippen molar-refractivity contribution in [1.82, 2.24) is 0 Å². The lowest BCUT2D eigenvalue weighted by atomic mass is 9.90. The first-order valence-corrected chi connectivity index (χ1v) is 8.93. The number of nitriles is 7. The molecule has 2 rings (SSSR count). The lowest BCUT2D eigenvalue weighted by Crippen LogP contribution is -2.26. The van der Waals surface area contributed by atoms with Crippen LogP contribution >= 0.6 is 0 Å². The summed E-state index contributed by atoms with van der Waals surface area (Å²) in [5.41, 5.74) is -10.7. The summed E-state index contributed by atoms with van der Waals surface area (Å²) in [7, 11) is 0. The number of rotatable bonds is 1. The van der Waals surface area contributed by atoms with Gasteiger partial charge in [0, 0.05) is 10.4 Å². The number of halogens is 6. The first-order valence-electron chi connectivity index (χ1n) is 8.93. The Morgan fingerprint density at radius 1 is 0.583 bits per heavy atom. The fraction of sp³-hybridized carbons (Fsp3) is 0.0870. The van der Waals surface area contributed by atoms with E-state index in [0.29, 0.717) is 6.07 Å². The molecule has 0 unspecified atom stereocenters. The summed E-state index contributed by atoms with van der Waals surface area (Å²) < 4.78 is 81.3. The van der Waals surface area contributed by atoms with E-state index in [4.69, 9.17) is 15.8 Å². The minimum Gasteiger partial charge on any atom is -0.192 e. The van der Waals surface area contributed by atoms with E-state index in [9.17, 15) is 47.4 Å². The molecule has 0 fully saturated rings. The van der Waals surface area contributed by atoms with Crippen LogP contribution in [0.3, 0.4) is 0 Å². The zero-order valence-electron chi connectivity index (χ0n) is 17.1. The molecule has 0 amide bonds. The van der Waals surface area contributed by atoms with E-state index < -0.39 is 72.9 Å². The van der Waals surface area contributed by atoms with Crippen molar-refractivity contribution in [3.05, 3.63) is 67.6 Å². The molecule has 0 radical (unpaired) electrons. The Labute approximate surface area is 197 Å². The van der Waals surface area contributed by atoms with Crippen LogP contribution in [0.5, 0.6) is 0 Å². The van der Waals surface area contributed by atoms with Gasteiger partial charge in [0.05, 0.1) is 45.0 Å². The fourth-order valence-electron chi connectivity index (χ4n) is 3.23. The summed E-state index contributed by atoms with van der Waals surface area (Å²) in [6.07, 6.45) is -10.9. The van der Waals surface area contributed by atoms with Gasteiger partial charge in [-0.15, -0.1) is 0 Å². The van der Waals surface area contributed by atoms with Crippen LogP contribution < -0.4 is 10.4 Å². The molecule has 172 valence electrons. The van der Waals surface area contributed by atoms with Crippen molar-refractivity contribution in [1.29, 1.82) is 36.8 Å². The third-order valence-corrected chi connectivity index (χ3v) is 4.68. The summed E-state index contributed by atoms with van der Waals surface area (Å²) in [6.45, 7) is 0. The molecule has 36 heavy (non-hydrogen) atoms. The molecule has 0 aromatic heterocycles. The van der Waals surface area contributed by atoms with Crippen LogP contribution in [-0.2, 0) is 12.4 Å². The van der Waals surface area contributed by atoms with Crippen molar-refractivity contribution < 1.29 is 26.3 Å². The SMILES string of the molecule is N#CC(C#N)=c1c(C#N)c/c(=C(\C#N)c2cc(C(F)(F)F)c(C#N)c(C(F)(F)F)c2)c(C#N)c1C#N. The predicted octanol–water partition coefficient (Wildman–Crippen LogP) is 3.13. The van der Waals surface area contributed by atoms with Gasteiger partial charge in [-0.1, -0.05) is 0 Å². The second-order valence-corrected chi connectivity index (χ2v) is 6.57. The van der Waals surface area contributed by atoms with Crippen LogP contribution in [0.4, 0.5) is 26.3 Å². The monoisotopic (exact) mass is 491 g/mol. The Balaban J connectivity index is 3.39. The first-order chi connectivity index (χ1) is 16.8. The van der Waals surface area contributed by atoms with Crippen molar-refractivity contribution >= 4 is 11.1 Å². The summed E-state index contributed by atoms with van der Waals surface area (Å²) >= 11 is 0. The van der Waals surface area contributed by atoms with Crippen molar-refractivity contribution in [2.45, 2.75) is 12.4 Å². The van der Waals surface area contributed by atoms with Crippen molar-refractivity contribution in [2.24, 2.45) is 0 Å². The van der Waals surface area contributed by atoms with Crippen LogP contribution in [0, 0.1) is 79.3 Å². The highest BCUT2D eigenvalue weighted by Crippen LogP contribution is 2.40. The highest BCUT2D eigenvalue weighted by atomic mass is 19.4. The van der Waals surface area contributed by atoms with Gasteiger partial charge in [0.1, 0.15) is 42.0 Å². The zero-order chi connectivity index (χ0) is 27.4. The first kappa shape index (κ1) is 26.4. The smallest absolute Gasteiger partial charge is 0.192 e. The quantitative estimate of drug-likeness (QED) is 0.552. The molecule has 0 bridgehead atoms. The van der Waals surface area contributed by atoms with Crippen LogP contribution in [0.1, 0.15) is 38.9 Å².